The molecule has 4 nitrogen and oxygen atoms in total. The molecule has 1 fully saturated rings. The summed E-state index contributed by atoms with van der Waals surface area (Å²) in [4.78, 5) is 14.9. The Kier molecular flexibility index (Phi) is 4.49. The molecule has 1 aromatic rings. The molecule has 18 heavy (non-hydrogen) atoms. The van der Waals surface area contributed by atoms with Gasteiger partial charge in [-0.25, -0.2) is 4.79 Å². The molecule has 2 N–H and O–H groups in total. The lowest BCUT2D eigenvalue weighted by Gasteiger charge is -2.23. The topological polar surface area (TPSA) is 52.6 Å². The molecule has 0 saturated carbocycles. The minimum absolute atomic E-state index is 0.0336. The molecule has 1 aliphatic heterocycles. The Balaban J connectivity index is 2.02. The van der Waals surface area contributed by atoms with Crippen LogP contribution in [-0.4, -0.2) is 41.5 Å². The third kappa shape index (κ3) is 2.97. The third-order valence-electron chi connectivity index (χ3n) is 3.17. The second kappa shape index (κ2) is 6.11. The van der Waals surface area contributed by atoms with Crippen LogP contribution in [0.15, 0.2) is 29.2 Å². The number of urea groups is 1. The third-order valence-corrected chi connectivity index (χ3v) is 3.90. The Morgan fingerprint density at radius 3 is 3.17 bits per heavy atom. The van der Waals surface area contributed by atoms with Crippen LogP contribution in [0.1, 0.15) is 12.8 Å². The predicted octanol–water partition coefficient (Wildman–Crippen LogP) is 2.40. The number of nitrogens with zero attached hydrogens (tertiary/aromatic N) is 1. The zero-order valence-electron chi connectivity index (χ0n) is 10.4. The number of rotatable bonds is 3. The molecule has 1 aliphatic rings. The molecule has 0 spiro atoms. The van der Waals surface area contributed by atoms with Crippen molar-refractivity contribution in [3.63, 3.8) is 0 Å². The first-order chi connectivity index (χ1) is 8.74. The summed E-state index contributed by atoms with van der Waals surface area (Å²) in [7, 11) is 0. The molecule has 0 bridgehead atoms. The second-order valence-electron chi connectivity index (χ2n) is 4.33. The van der Waals surface area contributed by atoms with E-state index < -0.39 is 0 Å². The first kappa shape index (κ1) is 13.2. The summed E-state index contributed by atoms with van der Waals surface area (Å²) in [6.07, 6.45) is 3.85. The Morgan fingerprint density at radius 1 is 1.61 bits per heavy atom. The minimum atomic E-state index is -0.121. The Labute approximate surface area is 111 Å². The normalized spacial score (nSPS) is 19.0. The highest BCUT2D eigenvalue weighted by atomic mass is 32.2. The number of nitrogens with one attached hydrogen (secondary N) is 1. The van der Waals surface area contributed by atoms with E-state index in [1.54, 1.807) is 16.7 Å². The maximum atomic E-state index is 12.1. The van der Waals surface area contributed by atoms with Crippen LogP contribution in [0.3, 0.4) is 0 Å². The number of thioether (sulfide) groups is 1. The largest absolute Gasteiger partial charge is 0.394 e. The van der Waals surface area contributed by atoms with Crippen LogP contribution in [0, 0.1) is 0 Å². The zero-order valence-corrected chi connectivity index (χ0v) is 11.2. The van der Waals surface area contributed by atoms with Crippen molar-refractivity contribution in [1.29, 1.82) is 0 Å². The molecule has 1 aromatic carbocycles. The lowest BCUT2D eigenvalue weighted by Crippen LogP contribution is -2.40. The number of carbonyl (C=O) groups is 1. The van der Waals surface area contributed by atoms with Gasteiger partial charge in [0, 0.05) is 17.1 Å². The summed E-state index contributed by atoms with van der Waals surface area (Å²) in [5, 5.41) is 12.1. The lowest BCUT2D eigenvalue weighted by atomic mass is 10.2. The number of amides is 2. The van der Waals surface area contributed by atoms with Crippen LogP contribution in [0.4, 0.5) is 10.5 Å². The molecule has 2 rings (SSSR count). The molecule has 0 aromatic heterocycles. The monoisotopic (exact) mass is 266 g/mol. The van der Waals surface area contributed by atoms with E-state index in [2.05, 4.69) is 5.32 Å². The molecule has 1 saturated heterocycles. The highest BCUT2D eigenvalue weighted by Crippen LogP contribution is 2.21. The van der Waals surface area contributed by atoms with Gasteiger partial charge in [-0.1, -0.05) is 6.07 Å². The molecule has 0 radical (unpaired) electrons. The first-order valence-corrected chi connectivity index (χ1v) is 7.29. The average molecular weight is 266 g/mol. The second-order valence-corrected chi connectivity index (χ2v) is 5.21. The van der Waals surface area contributed by atoms with Gasteiger partial charge in [0.1, 0.15) is 0 Å². The van der Waals surface area contributed by atoms with Crippen LogP contribution in [0.5, 0.6) is 0 Å². The van der Waals surface area contributed by atoms with Crippen molar-refractivity contribution in [2.75, 3.05) is 24.7 Å². The maximum absolute atomic E-state index is 12.1. The van der Waals surface area contributed by atoms with Crippen molar-refractivity contribution < 1.29 is 9.90 Å². The lowest BCUT2D eigenvalue weighted by molar-refractivity contribution is 0.166. The summed E-state index contributed by atoms with van der Waals surface area (Å²) < 4.78 is 0. The molecule has 98 valence electrons. The maximum Gasteiger partial charge on any atom is 0.322 e. The van der Waals surface area contributed by atoms with E-state index in [1.807, 2.05) is 30.5 Å². The smallest absolute Gasteiger partial charge is 0.322 e. The van der Waals surface area contributed by atoms with E-state index in [0.29, 0.717) is 0 Å². The summed E-state index contributed by atoms with van der Waals surface area (Å²) in [6.45, 7) is 0.761. The summed E-state index contributed by atoms with van der Waals surface area (Å²) >= 11 is 1.64. The fraction of sp³-hybridized carbons (Fsp3) is 0.462. The van der Waals surface area contributed by atoms with Crippen molar-refractivity contribution in [3.8, 4) is 0 Å². The zero-order chi connectivity index (χ0) is 13.0. The average Bonchev–Trinajstić information content (AvgIpc) is 2.87. The van der Waals surface area contributed by atoms with Crippen molar-refractivity contribution in [3.05, 3.63) is 24.3 Å². The van der Waals surface area contributed by atoms with E-state index in [9.17, 15) is 9.90 Å². The quantitative estimate of drug-likeness (QED) is 0.826. The number of likely N-dealkylation sites (tertiary alicyclic amines) is 1. The van der Waals surface area contributed by atoms with Gasteiger partial charge in [0.15, 0.2) is 0 Å². The first-order valence-electron chi connectivity index (χ1n) is 6.07. The van der Waals surface area contributed by atoms with E-state index in [4.69, 9.17) is 0 Å². The molecule has 0 aliphatic carbocycles. The van der Waals surface area contributed by atoms with Gasteiger partial charge in [-0.05, 0) is 37.3 Å². The van der Waals surface area contributed by atoms with Gasteiger partial charge >= 0.3 is 6.03 Å². The van der Waals surface area contributed by atoms with E-state index >= 15 is 0 Å². The van der Waals surface area contributed by atoms with Crippen LogP contribution >= 0.6 is 11.8 Å². The van der Waals surface area contributed by atoms with Crippen LogP contribution < -0.4 is 5.32 Å². The molecule has 2 amide bonds. The molecule has 1 heterocycles. The highest BCUT2D eigenvalue weighted by molar-refractivity contribution is 7.98. The van der Waals surface area contributed by atoms with E-state index in [0.717, 1.165) is 30.0 Å². The van der Waals surface area contributed by atoms with Crippen LogP contribution in [0.25, 0.3) is 0 Å². The van der Waals surface area contributed by atoms with Gasteiger partial charge in [0.05, 0.1) is 12.6 Å². The van der Waals surface area contributed by atoms with Crippen molar-refractivity contribution >= 4 is 23.5 Å². The van der Waals surface area contributed by atoms with Gasteiger partial charge in [-0.3, -0.25) is 0 Å². The molecule has 1 atom stereocenters. The summed E-state index contributed by atoms with van der Waals surface area (Å²) in [6, 6.07) is 7.61. The van der Waals surface area contributed by atoms with Gasteiger partial charge < -0.3 is 15.3 Å². The number of carbonyl (C=O) groups excluding carboxylic acids is 1. The van der Waals surface area contributed by atoms with E-state index in [1.165, 1.54) is 0 Å². The number of hydrogen-bond acceptors (Lipinski definition) is 3. The Morgan fingerprint density at radius 2 is 2.44 bits per heavy atom. The van der Waals surface area contributed by atoms with Gasteiger partial charge in [-0.15, -0.1) is 11.8 Å². The van der Waals surface area contributed by atoms with E-state index in [-0.39, 0.29) is 18.7 Å². The van der Waals surface area contributed by atoms with Gasteiger partial charge in [0.25, 0.3) is 0 Å². The predicted molar refractivity (Wildman–Crippen MR) is 74.1 cm³/mol. The molecular formula is C13H18N2O2S. The van der Waals surface area contributed by atoms with Crippen molar-refractivity contribution in [2.24, 2.45) is 0 Å². The number of aliphatic hydroxyl groups excluding tert-OH is 1. The SMILES string of the molecule is CSc1cccc(NC(=O)N2CCC[C@@H]2CO)c1. The Bertz CT molecular complexity index is 425. The summed E-state index contributed by atoms with van der Waals surface area (Å²) in [5.74, 6) is 0. The number of anilines is 1. The highest BCUT2D eigenvalue weighted by Gasteiger charge is 2.27. The number of aliphatic hydroxyl groups is 1. The van der Waals surface area contributed by atoms with Crippen LogP contribution in [-0.2, 0) is 0 Å². The van der Waals surface area contributed by atoms with Crippen LogP contribution in [0.2, 0.25) is 0 Å². The minimum Gasteiger partial charge on any atom is -0.394 e. The standard InChI is InChI=1S/C13H18N2O2S/c1-18-12-6-2-4-10(8-12)14-13(17)15-7-3-5-11(15)9-16/h2,4,6,8,11,16H,3,5,7,9H2,1H3,(H,14,17)/t11-/m1/s1. The summed E-state index contributed by atoms with van der Waals surface area (Å²) in [5.41, 5.74) is 0.801. The molecule has 0 unspecified atom stereocenters. The Hall–Kier alpha value is -1.20. The van der Waals surface area contributed by atoms with Crippen molar-refractivity contribution in [2.45, 2.75) is 23.8 Å². The number of hydrogen-bond donors (Lipinski definition) is 2. The van der Waals surface area contributed by atoms with Gasteiger partial charge in [-0.2, -0.15) is 0 Å². The molecule has 5 heteroatoms. The fourth-order valence-electron chi connectivity index (χ4n) is 2.19. The number of benzene rings is 1. The fourth-order valence-corrected chi connectivity index (χ4v) is 2.65. The van der Waals surface area contributed by atoms with Gasteiger partial charge in [0.2, 0.25) is 0 Å². The molecular weight excluding hydrogens is 248 g/mol. The van der Waals surface area contributed by atoms with Crippen molar-refractivity contribution in [1.82, 2.24) is 4.90 Å².